The second kappa shape index (κ2) is 8.53. The predicted molar refractivity (Wildman–Crippen MR) is 88.3 cm³/mol. The molecule has 0 saturated carbocycles. The summed E-state index contributed by atoms with van der Waals surface area (Å²) in [6.07, 6.45) is 0. The van der Waals surface area contributed by atoms with E-state index in [9.17, 15) is 9.59 Å². The van der Waals surface area contributed by atoms with Crippen molar-refractivity contribution in [1.82, 2.24) is 14.7 Å². The van der Waals surface area contributed by atoms with Gasteiger partial charge < -0.3 is 14.5 Å². The third-order valence-corrected chi connectivity index (χ3v) is 3.97. The number of ether oxygens (including phenoxy) is 1. The van der Waals surface area contributed by atoms with Crippen LogP contribution in [0.2, 0.25) is 0 Å². The van der Waals surface area contributed by atoms with Crippen LogP contribution in [0.4, 0.5) is 0 Å². The zero-order valence-electron chi connectivity index (χ0n) is 13.9. The Balaban J connectivity index is 1.66. The number of hydrogen-bond acceptors (Lipinski definition) is 4. The molecule has 1 aliphatic heterocycles. The van der Waals surface area contributed by atoms with Crippen LogP contribution in [-0.2, 0) is 9.59 Å². The Labute approximate surface area is 137 Å². The highest BCUT2D eigenvalue weighted by Crippen LogP contribution is 2.08. The number of benzene rings is 1. The lowest BCUT2D eigenvalue weighted by atomic mass is 10.3. The van der Waals surface area contributed by atoms with E-state index < -0.39 is 0 Å². The first kappa shape index (κ1) is 17.3. The summed E-state index contributed by atoms with van der Waals surface area (Å²) in [7, 11) is 1.91. The number of piperazine rings is 1. The average molecular weight is 319 g/mol. The molecule has 0 radical (unpaired) electrons. The molecular weight excluding hydrogens is 294 g/mol. The third-order valence-electron chi connectivity index (χ3n) is 3.97. The molecule has 126 valence electrons. The smallest absolute Gasteiger partial charge is 0.236 e. The van der Waals surface area contributed by atoms with E-state index in [0.717, 1.165) is 5.75 Å². The maximum Gasteiger partial charge on any atom is 0.236 e. The van der Waals surface area contributed by atoms with Crippen LogP contribution in [0.3, 0.4) is 0 Å². The molecule has 0 atom stereocenters. The van der Waals surface area contributed by atoms with Gasteiger partial charge >= 0.3 is 0 Å². The Hall–Kier alpha value is -2.08. The van der Waals surface area contributed by atoms with Crippen LogP contribution >= 0.6 is 0 Å². The summed E-state index contributed by atoms with van der Waals surface area (Å²) < 4.78 is 5.63. The summed E-state index contributed by atoms with van der Waals surface area (Å²) in [5.74, 6) is 1.02. The van der Waals surface area contributed by atoms with Gasteiger partial charge in [0.2, 0.25) is 11.8 Å². The molecule has 0 spiro atoms. The fourth-order valence-corrected chi connectivity index (χ4v) is 2.52. The Kier molecular flexibility index (Phi) is 6.40. The molecule has 1 aromatic carbocycles. The monoisotopic (exact) mass is 319 g/mol. The highest BCUT2D eigenvalue weighted by molar-refractivity contribution is 5.79. The minimum atomic E-state index is 0.0762. The molecule has 0 aliphatic carbocycles. The lowest BCUT2D eigenvalue weighted by Crippen LogP contribution is -2.52. The van der Waals surface area contributed by atoms with E-state index in [-0.39, 0.29) is 11.8 Å². The number of nitrogens with zero attached hydrogens (tertiary/aromatic N) is 3. The van der Waals surface area contributed by atoms with Crippen LogP contribution in [0, 0.1) is 0 Å². The van der Waals surface area contributed by atoms with Crippen molar-refractivity contribution < 1.29 is 14.3 Å². The van der Waals surface area contributed by atoms with Gasteiger partial charge in [-0.25, -0.2) is 0 Å². The van der Waals surface area contributed by atoms with Gasteiger partial charge in [0.25, 0.3) is 0 Å². The second-order valence-corrected chi connectivity index (χ2v) is 5.79. The molecule has 6 nitrogen and oxygen atoms in total. The van der Waals surface area contributed by atoms with Crippen molar-refractivity contribution in [3.8, 4) is 5.75 Å². The van der Waals surface area contributed by atoms with Crippen LogP contribution in [0.25, 0.3) is 0 Å². The van der Waals surface area contributed by atoms with Crippen LogP contribution < -0.4 is 4.74 Å². The molecule has 1 saturated heterocycles. The Morgan fingerprint density at radius 1 is 1.09 bits per heavy atom. The summed E-state index contributed by atoms with van der Waals surface area (Å²) in [5, 5.41) is 0. The quantitative estimate of drug-likeness (QED) is 0.774. The van der Waals surface area contributed by atoms with E-state index in [0.29, 0.717) is 45.9 Å². The third kappa shape index (κ3) is 5.56. The van der Waals surface area contributed by atoms with E-state index >= 15 is 0 Å². The van der Waals surface area contributed by atoms with Gasteiger partial charge in [-0.2, -0.15) is 0 Å². The number of carbonyl (C=O) groups is 2. The first-order chi connectivity index (χ1) is 11.1. The summed E-state index contributed by atoms with van der Waals surface area (Å²) >= 11 is 0. The van der Waals surface area contributed by atoms with Gasteiger partial charge in [0.1, 0.15) is 12.4 Å². The zero-order valence-corrected chi connectivity index (χ0v) is 13.9. The zero-order chi connectivity index (χ0) is 16.7. The maximum atomic E-state index is 12.3. The van der Waals surface area contributed by atoms with Crippen molar-refractivity contribution in [3.63, 3.8) is 0 Å². The highest BCUT2D eigenvalue weighted by atomic mass is 16.5. The minimum Gasteiger partial charge on any atom is -0.492 e. The fourth-order valence-electron chi connectivity index (χ4n) is 2.52. The molecule has 1 aromatic rings. The average Bonchev–Trinajstić information content (AvgIpc) is 2.56. The van der Waals surface area contributed by atoms with E-state index in [1.807, 2.05) is 47.2 Å². The second-order valence-electron chi connectivity index (χ2n) is 5.79. The van der Waals surface area contributed by atoms with Crippen molar-refractivity contribution in [1.29, 1.82) is 0 Å². The molecule has 6 heteroatoms. The van der Waals surface area contributed by atoms with Gasteiger partial charge in [-0.3, -0.25) is 14.5 Å². The molecule has 0 aromatic heterocycles. The molecular formula is C17H25N3O3. The lowest BCUT2D eigenvalue weighted by molar-refractivity contribution is -0.139. The van der Waals surface area contributed by atoms with Crippen molar-refractivity contribution in [3.05, 3.63) is 30.3 Å². The van der Waals surface area contributed by atoms with Crippen molar-refractivity contribution in [2.45, 2.75) is 6.92 Å². The fraction of sp³-hybridized carbons (Fsp3) is 0.529. The van der Waals surface area contributed by atoms with Crippen molar-refractivity contribution in [2.75, 3.05) is 52.9 Å². The normalized spacial score (nSPS) is 14.9. The molecule has 2 rings (SSSR count). The number of para-hydroxylation sites is 1. The van der Waals surface area contributed by atoms with E-state index in [2.05, 4.69) is 0 Å². The topological polar surface area (TPSA) is 53.1 Å². The molecule has 1 fully saturated rings. The lowest BCUT2D eigenvalue weighted by Gasteiger charge is -2.35. The van der Waals surface area contributed by atoms with Crippen LogP contribution in [-0.4, -0.2) is 79.4 Å². The molecule has 0 unspecified atom stereocenters. The maximum absolute atomic E-state index is 12.3. The van der Waals surface area contributed by atoms with Crippen LogP contribution in [0.1, 0.15) is 6.92 Å². The van der Waals surface area contributed by atoms with Gasteiger partial charge in [-0.15, -0.1) is 0 Å². The van der Waals surface area contributed by atoms with Gasteiger partial charge in [0, 0.05) is 39.6 Å². The Bertz CT molecular complexity index is 513. The van der Waals surface area contributed by atoms with E-state index in [1.54, 1.807) is 11.8 Å². The molecule has 1 aliphatic rings. The number of likely N-dealkylation sites (N-methyl/N-ethyl adjacent to an activating group) is 1. The Morgan fingerprint density at radius 2 is 1.70 bits per heavy atom. The largest absolute Gasteiger partial charge is 0.492 e. The van der Waals surface area contributed by atoms with Crippen molar-refractivity contribution >= 4 is 11.8 Å². The summed E-state index contributed by atoms with van der Waals surface area (Å²) in [4.78, 5) is 29.1. The van der Waals surface area contributed by atoms with Crippen LogP contribution in [0.15, 0.2) is 30.3 Å². The van der Waals surface area contributed by atoms with Gasteiger partial charge in [0.15, 0.2) is 0 Å². The van der Waals surface area contributed by atoms with E-state index in [1.165, 1.54) is 0 Å². The number of rotatable bonds is 6. The van der Waals surface area contributed by atoms with Crippen LogP contribution in [0.5, 0.6) is 5.75 Å². The van der Waals surface area contributed by atoms with Gasteiger partial charge in [-0.05, 0) is 19.2 Å². The first-order valence-corrected chi connectivity index (χ1v) is 7.96. The standard InChI is InChI=1S/C17H25N3O3/c1-15(21)19-8-10-20(11-9-19)17(22)14-18(2)12-13-23-16-6-4-3-5-7-16/h3-7H,8-14H2,1-2H3. The summed E-state index contributed by atoms with van der Waals surface area (Å²) in [6.45, 7) is 5.67. The molecule has 0 bridgehead atoms. The summed E-state index contributed by atoms with van der Waals surface area (Å²) in [5.41, 5.74) is 0. The van der Waals surface area contributed by atoms with E-state index in [4.69, 9.17) is 4.74 Å². The molecule has 23 heavy (non-hydrogen) atoms. The molecule has 2 amide bonds. The highest BCUT2D eigenvalue weighted by Gasteiger charge is 2.22. The van der Waals surface area contributed by atoms with Gasteiger partial charge in [-0.1, -0.05) is 18.2 Å². The number of carbonyl (C=O) groups excluding carboxylic acids is 2. The SMILES string of the molecule is CC(=O)N1CCN(C(=O)CN(C)CCOc2ccccc2)CC1. The molecule has 0 N–H and O–H groups in total. The van der Waals surface area contributed by atoms with Gasteiger partial charge in [0.05, 0.1) is 6.54 Å². The number of hydrogen-bond donors (Lipinski definition) is 0. The predicted octanol–water partition coefficient (Wildman–Crippen LogP) is 0.688. The summed E-state index contributed by atoms with van der Waals surface area (Å²) in [6, 6.07) is 9.65. The molecule has 1 heterocycles. The first-order valence-electron chi connectivity index (χ1n) is 7.96. The minimum absolute atomic E-state index is 0.0762. The Morgan fingerprint density at radius 3 is 2.30 bits per heavy atom. The van der Waals surface area contributed by atoms with Crippen molar-refractivity contribution in [2.24, 2.45) is 0 Å². The number of amides is 2.